The average Bonchev–Trinajstić information content (AvgIpc) is 3.72. The van der Waals surface area contributed by atoms with Crippen molar-refractivity contribution in [2.24, 2.45) is 0 Å². The van der Waals surface area contributed by atoms with Crippen molar-refractivity contribution in [3.63, 3.8) is 0 Å². The summed E-state index contributed by atoms with van der Waals surface area (Å²) in [6, 6.07) is -0.893. The van der Waals surface area contributed by atoms with Crippen molar-refractivity contribution >= 4 is 19.7 Å². The van der Waals surface area contributed by atoms with Crippen LogP contribution < -0.4 is 10.2 Å². The summed E-state index contributed by atoms with van der Waals surface area (Å²) in [6.07, 6.45) is 95.8. The molecular formula is C82H151N2O7P. The fraction of sp³-hybridized carbons (Fsp3) is 0.805. The summed E-state index contributed by atoms with van der Waals surface area (Å²) in [5.41, 5.74) is 0. The zero-order valence-corrected chi connectivity index (χ0v) is 62.4. The summed E-state index contributed by atoms with van der Waals surface area (Å²) >= 11 is 0. The van der Waals surface area contributed by atoms with E-state index in [2.05, 4.69) is 99.0 Å². The third kappa shape index (κ3) is 71.5. The maximum Gasteiger partial charge on any atom is 0.306 e. The first-order valence-corrected chi connectivity index (χ1v) is 40.9. The van der Waals surface area contributed by atoms with E-state index >= 15 is 0 Å². The number of quaternary nitrogens is 1. The zero-order chi connectivity index (χ0) is 67.0. The minimum Gasteiger partial charge on any atom is -0.756 e. The van der Waals surface area contributed by atoms with Crippen molar-refractivity contribution in [1.29, 1.82) is 0 Å². The molecule has 0 saturated heterocycles. The second-order valence-electron chi connectivity index (χ2n) is 27.8. The number of esters is 1. The van der Waals surface area contributed by atoms with Gasteiger partial charge in [0, 0.05) is 12.8 Å². The maximum absolute atomic E-state index is 13.7. The molecule has 0 bridgehead atoms. The first-order chi connectivity index (χ1) is 44.9. The Hall–Kier alpha value is -2.81. The van der Waals surface area contributed by atoms with Crippen molar-refractivity contribution in [3.05, 3.63) is 85.1 Å². The van der Waals surface area contributed by atoms with Crippen molar-refractivity contribution in [2.45, 2.75) is 386 Å². The molecule has 1 N–H and O–H groups in total. The number of rotatable bonds is 72. The Bertz CT molecular complexity index is 1850. The van der Waals surface area contributed by atoms with Gasteiger partial charge in [0.15, 0.2) is 0 Å². The predicted molar refractivity (Wildman–Crippen MR) is 399 cm³/mol. The molecule has 3 unspecified atom stereocenters. The van der Waals surface area contributed by atoms with Gasteiger partial charge in [0.1, 0.15) is 19.3 Å². The number of amides is 1. The molecule has 0 fully saturated rings. The van der Waals surface area contributed by atoms with E-state index in [1.165, 1.54) is 250 Å². The summed E-state index contributed by atoms with van der Waals surface area (Å²) in [4.78, 5) is 40.3. The Balaban J connectivity index is 4.93. The summed E-state index contributed by atoms with van der Waals surface area (Å²) in [5.74, 6) is -0.531. The molecule has 0 rings (SSSR count). The Labute approximate surface area is 571 Å². The van der Waals surface area contributed by atoms with Crippen LogP contribution in [-0.4, -0.2) is 69.4 Å². The summed E-state index contributed by atoms with van der Waals surface area (Å²) in [6.45, 7) is 6.77. The van der Waals surface area contributed by atoms with E-state index in [1.807, 2.05) is 33.3 Å². The van der Waals surface area contributed by atoms with Gasteiger partial charge in [-0.15, -0.1) is 0 Å². The van der Waals surface area contributed by atoms with Crippen LogP contribution in [0, 0.1) is 0 Å². The molecule has 0 aliphatic heterocycles. The normalized spacial score (nSPS) is 13.9. The molecule has 536 valence electrons. The van der Waals surface area contributed by atoms with Crippen molar-refractivity contribution in [3.8, 4) is 0 Å². The number of unbranched alkanes of at least 4 members (excludes halogenated alkanes) is 44. The van der Waals surface area contributed by atoms with Crippen LogP contribution in [0.2, 0.25) is 0 Å². The fourth-order valence-corrected chi connectivity index (χ4v) is 12.3. The molecule has 0 radical (unpaired) electrons. The van der Waals surface area contributed by atoms with Gasteiger partial charge in [0.05, 0.1) is 33.8 Å². The van der Waals surface area contributed by atoms with E-state index in [1.54, 1.807) is 0 Å². The molecule has 9 nitrogen and oxygen atoms in total. The highest BCUT2D eigenvalue weighted by Gasteiger charge is 2.27. The van der Waals surface area contributed by atoms with Gasteiger partial charge in [0.25, 0.3) is 7.82 Å². The van der Waals surface area contributed by atoms with Crippen molar-refractivity contribution in [2.75, 3.05) is 40.9 Å². The lowest BCUT2D eigenvalue weighted by Gasteiger charge is -2.30. The summed E-state index contributed by atoms with van der Waals surface area (Å²) in [7, 11) is 1.19. The van der Waals surface area contributed by atoms with Crippen LogP contribution in [-0.2, 0) is 27.9 Å². The molecule has 0 aromatic heterocycles. The molecule has 0 heterocycles. The lowest BCUT2D eigenvalue weighted by atomic mass is 10.0. The number of carbonyl (C=O) groups is 2. The van der Waals surface area contributed by atoms with Gasteiger partial charge in [-0.1, -0.05) is 344 Å². The number of phosphoric acid groups is 1. The van der Waals surface area contributed by atoms with E-state index in [-0.39, 0.29) is 31.5 Å². The van der Waals surface area contributed by atoms with Gasteiger partial charge in [-0.25, -0.2) is 0 Å². The third-order valence-electron chi connectivity index (χ3n) is 17.6. The smallest absolute Gasteiger partial charge is 0.306 e. The molecule has 0 aromatic carbocycles. The van der Waals surface area contributed by atoms with E-state index < -0.39 is 20.0 Å². The number of nitrogens with zero attached hydrogens (tertiary/aromatic N) is 1. The van der Waals surface area contributed by atoms with E-state index in [0.29, 0.717) is 17.4 Å². The van der Waals surface area contributed by atoms with Crippen LogP contribution in [0.5, 0.6) is 0 Å². The summed E-state index contributed by atoms with van der Waals surface area (Å²) in [5, 5.41) is 3.06. The molecule has 92 heavy (non-hydrogen) atoms. The number of hydrogen-bond donors (Lipinski definition) is 1. The first-order valence-electron chi connectivity index (χ1n) is 39.4. The van der Waals surface area contributed by atoms with Crippen molar-refractivity contribution in [1.82, 2.24) is 5.32 Å². The number of ether oxygens (including phenoxy) is 1. The third-order valence-corrected chi connectivity index (χ3v) is 18.5. The van der Waals surface area contributed by atoms with Crippen molar-refractivity contribution < 1.29 is 37.3 Å². The molecule has 0 spiro atoms. The number of carbonyl (C=O) groups excluding carboxylic acids is 2. The van der Waals surface area contributed by atoms with Crippen LogP contribution in [0.4, 0.5) is 0 Å². The van der Waals surface area contributed by atoms with Crippen LogP contribution in [0.25, 0.3) is 0 Å². The Kier molecular flexibility index (Phi) is 68.8. The molecule has 1 amide bonds. The van der Waals surface area contributed by atoms with Gasteiger partial charge in [0.2, 0.25) is 5.91 Å². The predicted octanol–water partition coefficient (Wildman–Crippen LogP) is 25.0. The van der Waals surface area contributed by atoms with Gasteiger partial charge in [-0.2, -0.15) is 0 Å². The number of likely N-dealkylation sites (N-methyl/N-ethyl adjacent to an activating group) is 1. The Morgan fingerprint density at radius 2 is 0.696 bits per heavy atom. The Morgan fingerprint density at radius 1 is 0.391 bits per heavy atom. The van der Waals surface area contributed by atoms with Gasteiger partial charge >= 0.3 is 5.97 Å². The average molecular weight is 1310 g/mol. The molecule has 3 atom stereocenters. The molecular weight excluding hydrogens is 1160 g/mol. The SMILES string of the molecule is CC/C=C\C/C=C\C/C=C\C/C=C\C/C=C\CCCCCCCCCCCCCC(=O)OC(/C=C/CCCCCCCCCCCC)C(COP(=O)([O-])OCC[N+](C)(C)C)NC(=O)CCCCCCCCCCCCCCCCCCC/C=C/CCCCCCCC. The van der Waals surface area contributed by atoms with Gasteiger partial charge < -0.3 is 28.5 Å². The second kappa shape index (κ2) is 71.0. The standard InChI is InChI=1S/C82H151N2O7P/c1-7-10-13-16-19-22-25-28-30-32-34-36-38-40-42-44-46-48-50-52-54-56-59-62-65-68-71-74-81(85)83-79(78-90-92(87,88)89-77-76-84(4,5)6)80(73-70-67-64-61-58-27-24-21-18-15-12-9-3)91-82(86)75-72-69-66-63-60-57-55-53-51-49-47-45-43-41-39-37-35-33-31-29-26-23-20-17-14-11-8-2/h11,14,20,23,28-31,35,37,41,43,70,73,79-80H,7-10,12-13,15-19,21-22,24-27,32-34,36,38-40,42,44-69,71-72,74-78H2,1-6H3,(H-,83,85,87,88)/b14-11-,23-20-,30-28+,31-29-,37-35-,43-41-,73-70+. The fourth-order valence-electron chi connectivity index (χ4n) is 11.5. The van der Waals surface area contributed by atoms with Gasteiger partial charge in [-0.3, -0.25) is 14.2 Å². The monoisotopic (exact) mass is 1310 g/mol. The lowest BCUT2D eigenvalue weighted by molar-refractivity contribution is -0.870. The molecule has 0 aromatic rings. The lowest BCUT2D eigenvalue weighted by Crippen LogP contribution is -2.47. The highest BCUT2D eigenvalue weighted by molar-refractivity contribution is 7.45. The molecule has 0 saturated carbocycles. The second-order valence-corrected chi connectivity index (χ2v) is 29.2. The van der Waals surface area contributed by atoms with Crippen LogP contribution in [0.1, 0.15) is 374 Å². The minimum atomic E-state index is -4.71. The van der Waals surface area contributed by atoms with E-state index in [4.69, 9.17) is 13.8 Å². The maximum atomic E-state index is 13.7. The van der Waals surface area contributed by atoms with Crippen LogP contribution in [0.3, 0.4) is 0 Å². The van der Waals surface area contributed by atoms with Crippen LogP contribution in [0.15, 0.2) is 85.1 Å². The van der Waals surface area contributed by atoms with Gasteiger partial charge in [-0.05, 0) is 102 Å². The van der Waals surface area contributed by atoms with E-state index in [9.17, 15) is 19.0 Å². The topological polar surface area (TPSA) is 114 Å². The number of nitrogens with one attached hydrogen (secondary N) is 1. The van der Waals surface area contributed by atoms with Crippen LogP contribution >= 0.6 is 7.82 Å². The Morgan fingerprint density at radius 3 is 1.05 bits per heavy atom. The molecule has 0 aliphatic carbocycles. The summed E-state index contributed by atoms with van der Waals surface area (Å²) < 4.78 is 30.5. The zero-order valence-electron chi connectivity index (χ0n) is 61.5. The van der Waals surface area contributed by atoms with E-state index in [0.717, 1.165) is 89.9 Å². The quantitative estimate of drug-likeness (QED) is 0.0212. The number of hydrogen-bond acceptors (Lipinski definition) is 7. The number of phosphoric ester groups is 1. The first kappa shape index (κ1) is 89.2. The molecule has 0 aliphatic rings. The number of allylic oxidation sites excluding steroid dienone is 13. The highest BCUT2D eigenvalue weighted by atomic mass is 31.2. The highest BCUT2D eigenvalue weighted by Crippen LogP contribution is 2.38. The largest absolute Gasteiger partial charge is 0.756 e. The molecule has 10 heteroatoms. The minimum absolute atomic E-state index is 0.0235.